The zero-order valence-corrected chi connectivity index (χ0v) is 6.52. The van der Waals surface area contributed by atoms with Gasteiger partial charge < -0.3 is 15.0 Å². The van der Waals surface area contributed by atoms with Crippen LogP contribution in [0.3, 0.4) is 0 Å². The highest BCUT2D eigenvalue weighted by molar-refractivity contribution is 4.96. The SMILES string of the molecule is COC(C)C(N)c1cnno1. The van der Waals surface area contributed by atoms with Crippen LogP contribution >= 0.6 is 0 Å². The maximum Gasteiger partial charge on any atom is 0.176 e. The van der Waals surface area contributed by atoms with Gasteiger partial charge in [-0.05, 0) is 6.92 Å². The van der Waals surface area contributed by atoms with E-state index < -0.39 is 0 Å². The molecule has 0 aliphatic rings. The molecule has 2 N–H and O–H groups in total. The molecule has 0 aliphatic carbocycles. The molecule has 2 unspecified atom stereocenters. The lowest BCUT2D eigenvalue weighted by Crippen LogP contribution is -2.24. The van der Waals surface area contributed by atoms with E-state index in [1.165, 1.54) is 6.20 Å². The average Bonchev–Trinajstić information content (AvgIpc) is 2.53. The quantitative estimate of drug-likeness (QED) is 0.673. The lowest BCUT2D eigenvalue weighted by Gasteiger charge is -2.14. The summed E-state index contributed by atoms with van der Waals surface area (Å²) in [4.78, 5) is 0. The first-order valence-corrected chi connectivity index (χ1v) is 3.31. The summed E-state index contributed by atoms with van der Waals surface area (Å²) in [5.41, 5.74) is 5.69. The Morgan fingerprint density at radius 3 is 2.91 bits per heavy atom. The van der Waals surface area contributed by atoms with Crippen LogP contribution in [-0.4, -0.2) is 23.6 Å². The molecule has 0 fully saturated rings. The van der Waals surface area contributed by atoms with Crippen LogP contribution in [0.5, 0.6) is 0 Å². The number of hydrogen-bond acceptors (Lipinski definition) is 5. The molecular formula is C6H11N3O2. The van der Waals surface area contributed by atoms with E-state index in [1.54, 1.807) is 7.11 Å². The van der Waals surface area contributed by atoms with Crippen LogP contribution in [0.2, 0.25) is 0 Å². The molecular weight excluding hydrogens is 146 g/mol. The summed E-state index contributed by atoms with van der Waals surface area (Å²) in [6.45, 7) is 1.85. The zero-order chi connectivity index (χ0) is 8.27. The van der Waals surface area contributed by atoms with Gasteiger partial charge in [-0.2, -0.15) is 0 Å². The lowest BCUT2D eigenvalue weighted by atomic mass is 10.1. The third kappa shape index (κ3) is 1.75. The van der Waals surface area contributed by atoms with Gasteiger partial charge in [0.05, 0.1) is 18.3 Å². The minimum Gasteiger partial charge on any atom is -0.380 e. The van der Waals surface area contributed by atoms with Gasteiger partial charge in [-0.15, -0.1) is 5.10 Å². The molecule has 0 bridgehead atoms. The van der Waals surface area contributed by atoms with E-state index in [9.17, 15) is 0 Å². The summed E-state index contributed by atoms with van der Waals surface area (Å²) in [5.74, 6) is 0.541. The number of nitrogens with two attached hydrogens (primary N) is 1. The molecule has 1 rings (SSSR count). The van der Waals surface area contributed by atoms with Crippen molar-refractivity contribution in [1.82, 2.24) is 10.4 Å². The van der Waals surface area contributed by atoms with E-state index in [4.69, 9.17) is 15.0 Å². The van der Waals surface area contributed by atoms with E-state index in [0.717, 1.165) is 0 Å². The Bertz CT molecular complexity index is 200. The van der Waals surface area contributed by atoms with Crippen molar-refractivity contribution in [1.29, 1.82) is 0 Å². The second-order valence-corrected chi connectivity index (χ2v) is 2.29. The fourth-order valence-corrected chi connectivity index (χ4v) is 0.700. The molecule has 62 valence electrons. The predicted octanol–water partition coefficient (Wildman–Crippen LogP) is 0.104. The van der Waals surface area contributed by atoms with Crippen LogP contribution in [0.15, 0.2) is 10.7 Å². The van der Waals surface area contributed by atoms with Crippen LogP contribution < -0.4 is 5.73 Å². The van der Waals surface area contributed by atoms with Gasteiger partial charge in [-0.3, -0.25) is 0 Å². The predicted molar refractivity (Wildman–Crippen MR) is 37.7 cm³/mol. The minimum absolute atomic E-state index is 0.0928. The van der Waals surface area contributed by atoms with E-state index in [-0.39, 0.29) is 12.1 Å². The molecule has 1 aromatic heterocycles. The molecule has 2 atom stereocenters. The van der Waals surface area contributed by atoms with Crippen LogP contribution in [0, 0.1) is 0 Å². The Hall–Kier alpha value is -0.940. The first kappa shape index (κ1) is 8.16. The van der Waals surface area contributed by atoms with Crippen LogP contribution in [0.25, 0.3) is 0 Å². The molecule has 1 heterocycles. The van der Waals surface area contributed by atoms with E-state index in [1.807, 2.05) is 6.92 Å². The number of nitrogens with zero attached hydrogens (tertiary/aromatic N) is 2. The largest absolute Gasteiger partial charge is 0.380 e. The second kappa shape index (κ2) is 3.45. The Morgan fingerprint density at radius 2 is 2.45 bits per heavy atom. The molecule has 11 heavy (non-hydrogen) atoms. The lowest BCUT2D eigenvalue weighted by molar-refractivity contribution is 0.0864. The maximum atomic E-state index is 5.69. The molecule has 0 radical (unpaired) electrons. The van der Waals surface area contributed by atoms with Crippen molar-refractivity contribution in [2.24, 2.45) is 5.73 Å². The van der Waals surface area contributed by atoms with Crippen molar-refractivity contribution in [3.05, 3.63) is 12.0 Å². The third-order valence-corrected chi connectivity index (χ3v) is 1.58. The summed E-state index contributed by atoms with van der Waals surface area (Å²) in [6.07, 6.45) is 1.39. The Kier molecular flexibility index (Phi) is 2.56. The molecule has 0 aliphatic heterocycles. The Labute approximate surface area is 64.5 Å². The summed E-state index contributed by atoms with van der Waals surface area (Å²) in [7, 11) is 1.59. The highest BCUT2D eigenvalue weighted by Gasteiger charge is 2.17. The Balaban J connectivity index is 2.62. The van der Waals surface area contributed by atoms with Crippen molar-refractivity contribution < 1.29 is 9.26 Å². The van der Waals surface area contributed by atoms with Gasteiger partial charge in [0, 0.05) is 12.4 Å². The second-order valence-electron chi connectivity index (χ2n) is 2.29. The van der Waals surface area contributed by atoms with Crippen LogP contribution in [-0.2, 0) is 4.74 Å². The molecule has 5 heteroatoms. The van der Waals surface area contributed by atoms with Gasteiger partial charge in [0.2, 0.25) is 0 Å². The number of rotatable bonds is 3. The van der Waals surface area contributed by atoms with Gasteiger partial charge >= 0.3 is 0 Å². The monoisotopic (exact) mass is 157 g/mol. The van der Waals surface area contributed by atoms with Crippen molar-refractivity contribution in [3.8, 4) is 0 Å². The molecule has 1 aromatic rings. The highest BCUT2D eigenvalue weighted by Crippen LogP contribution is 2.13. The highest BCUT2D eigenvalue weighted by atomic mass is 16.5. The van der Waals surface area contributed by atoms with E-state index in [0.29, 0.717) is 5.76 Å². The van der Waals surface area contributed by atoms with E-state index in [2.05, 4.69) is 10.4 Å². The number of ether oxygens (including phenoxy) is 1. The van der Waals surface area contributed by atoms with Crippen LogP contribution in [0.1, 0.15) is 18.7 Å². The summed E-state index contributed by atoms with van der Waals surface area (Å²) < 4.78 is 9.75. The minimum atomic E-state index is -0.296. The van der Waals surface area contributed by atoms with Gasteiger partial charge in [0.1, 0.15) is 0 Å². The third-order valence-electron chi connectivity index (χ3n) is 1.58. The fraction of sp³-hybridized carbons (Fsp3) is 0.667. The number of hydrogen-bond donors (Lipinski definition) is 1. The first-order chi connectivity index (χ1) is 5.25. The summed E-state index contributed by atoms with van der Waals surface area (Å²) in [5, 5.41) is 6.81. The smallest absolute Gasteiger partial charge is 0.176 e. The summed E-state index contributed by atoms with van der Waals surface area (Å²) >= 11 is 0. The van der Waals surface area contributed by atoms with Gasteiger partial charge in [-0.1, -0.05) is 0 Å². The van der Waals surface area contributed by atoms with Crippen molar-refractivity contribution >= 4 is 0 Å². The van der Waals surface area contributed by atoms with Crippen LogP contribution in [0.4, 0.5) is 0 Å². The van der Waals surface area contributed by atoms with Crippen molar-refractivity contribution in [2.75, 3.05) is 7.11 Å². The van der Waals surface area contributed by atoms with Gasteiger partial charge in [-0.25, -0.2) is 0 Å². The topological polar surface area (TPSA) is 74.2 Å². The molecule has 5 nitrogen and oxygen atoms in total. The molecule has 0 spiro atoms. The van der Waals surface area contributed by atoms with Gasteiger partial charge in [0.15, 0.2) is 5.76 Å². The molecule has 0 aromatic carbocycles. The van der Waals surface area contributed by atoms with Gasteiger partial charge in [0.25, 0.3) is 0 Å². The molecule has 0 saturated heterocycles. The average molecular weight is 157 g/mol. The standard InChI is InChI=1S/C6H11N3O2/c1-4(10-2)6(7)5-3-8-9-11-5/h3-4,6H,7H2,1-2H3. The molecule has 0 saturated carbocycles. The van der Waals surface area contributed by atoms with Crippen molar-refractivity contribution in [2.45, 2.75) is 19.1 Å². The number of methoxy groups -OCH3 is 1. The Morgan fingerprint density at radius 1 is 1.73 bits per heavy atom. The number of aromatic nitrogens is 2. The maximum absolute atomic E-state index is 5.69. The zero-order valence-electron chi connectivity index (χ0n) is 6.52. The molecule has 0 amide bonds. The van der Waals surface area contributed by atoms with E-state index >= 15 is 0 Å². The first-order valence-electron chi connectivity index (χ1n) is 3.31. The fourth-order valence-electron chi connectivity index (χ4n) is 0.700. The van der Waals surface area contributed by atoms with Crippen molar-refractivity contribution in [3.63, 3.8) is 0 Å². The normalized spacial score (nSPS) is 16.3. The summed E-state index contributed by atoms with van der Waals surface area (Å²) in [6, 6.07) is -0.296.